The first-order valence-electron chi connectivity index (χ1n) is 11.8. The molecule has 1 saturated heterocycles. The predicted molar refractivity (Wildman–Crippen MR) is 119 cm³/mol. The van der Waals surface area contributed by atoms with Crippen molar-refractivity contribution in [3.8, 4) is 0 Å². The molecular formula is C24H27F3N6O. The van der Waals surface area contributed by atoms with Gasteiger partial charge in [-0.15, -0.1) is 0 Å². The van der Waals surface area contributed by atoms with Crippen molar-refractivity contribution in [1.82, 2.24) is 24.7 Å². The number of morpholine rings is 1. The summed E-state index contributed by atoms with van der Waals surface area (Å²) >= 11 is 0. The highest BCUT2D eigenvalue weighted by Crippen LogP contribution is 2.59. The van der Waals surface area contributed by atoms with Crippen LogP contribution in [-0.2, 0) is 11.8 Å². The minimum Gasteiger partial charge on any atom is -0.370 e. The molecule has 4 aliphatic rings. The van der Waals surface area contributed by atoms with Gasteiger partial charge < -0.3 is 9.64 Å². The predicted octanol–water partition coefficient (Wildman–Crippen LogP) is 4.34. The summed E-state index contributed by atoms with van der Waals surface area (Å²) in [4.78, 5) is 16.4. The smallest absolute Gasteiger partial charge is 0.370 e. The minimum atomic E-state index is -4.17. The van der Waals surface area contributed by atoms with Crippen LogP contribution in [0.1, 0.15) is 48.2 Å². The molecule has 3 aliphatic carbocycles. The summed E-state index contributed by atoms with van der Waals surface area (Å²) in [6, 6.07) is 3.80. The molecule has 7 nitrogen and oxygen atoms in total. The molecule has 0 N–H and O–H groups in total. The largest absolute Gasteiger partial charge is 0.392 e. The first-order valence-corrected chi connectivity index (χ1v) is 11.8. The highest BCUT2D eigenvalue weighted by Gasteiger charge is 2.56. The Morgan fingerprint density at radius 2 is 1.88 bits per heavy atom. The molecule has 3 aromatic rings. The van der Waals surface area contributed by atoms with Gasteiger partial charge in [-0.3, -0.25) is 4.68 Å². The Hall–Kier alpha value is -2.75. The van der Waals surface area contributed by atoms with E-state index in [0.29, 0.717) is 49.8 Å². The lowest BCUT2D eigenvalue weighted by Gasteiger charge is -2.51. The number of pyridine rings is 1. The van der Waals surface area contributed by atoms with Gasteiger partial charge in [0.1, 0.15) is 6.10 Å². The number of rotatable bonds is 3. The van der Waals surface area contributed by atoms with E-state index in [2.05, 4.69) is 15.0 Å². The van der Waals surface area contributed by atoms with Crippen LogP contribution in [0.5, 0.6) is 0 Å². The van der Waals surface area contributed by atoms with Crippen LogP contribution in [0, 0.1) is 24.7 Å². The summed E-state index contributed by atoms with van der Waals surface area (Å²) < 4.78 is 49.0. The van der Waals surface area contributed by atoms with E-state index in [4.69, 9.17) is 14.7 Å². The Balaban J connectivity index is 1.38. The van der Waals surface area contributed by atoms with Crippen LogP contribution in [0.2, 0.25) is 0 Å². The van der Waals surface area contributed by atoms with E-state index < -0.39 is 12.1 Å². The first-order chi connectivity index (χ1) is 16.3. The number of aryl methyl sites for hydroxylation is 2. The van der Waals surface area contributed by atoms with Crippen LogP contribution in [0.3, 0.4) is 0 Å². The summed E-state index contributed by atoms with van der Waals surface area (Å²) in [5, 5.41) is 5.01. The van der Waals surface area contributed by atoms with Gasteiger partial charge >= 0.3 is 6.18 Å². The normalized spacial score (nSPS) is 29.3. The van der Waals surface area contributed by atoms with Crippen molar-refractivity contribution >= 4 is 17.0 Å². The van der Waals surface area contributed by atoms with E-state index >= 15 is 0 Å². The third-order valence-corrected chi connectivity index (χ3v) is 7.79. The molecule has 0 amide bonds. The molecule has 0 spiro atoms. The number of aromatic nitrogens is 5. The summed E-state index contributed by atoms with van der Waals surface area (Å²) in [7, 11) is 1.86. The number of alkyl halides is 3. The fourth-order valence-corrected chi connectivity index (χ4v) is 5.94. The average molecular weight is 473 g/mol. The standard InChI is InChI=1S/C24H27F3N6O/c1-13-3-4-17-21(18-9-19(24(25,26)27)15-7-14(18)8-15)30-23(31-22(17)29-13)33-5-6-34-20(12-33)16-10-28-32(2)11-16/h3-4,10-11,14-15,18-20H,5-9,12H2,1-2H3/t14?,15?,18-,19+,20?/m1/s1. The number of anilines is 1. The lowest BCUT2D eigenvalue weighted by atomic mass is 9.54. The van der Waals surface area contributed by atoms with Gasteiger partial charge in [0.2, 0.25) is 5.95 Å². The van der Waals surface area contributed by atoms with Gasteiger partial charge in [-0.1, -0.05) is 0 Å². The molecule has 4 fully saturated rings. The van der Waals surface area contributed by atoms with Crippen molar-refractivity contribution in [2.45, 2.75) is 44.4 Å². The number of nitrogens with zero attached hydrogens (tertiary/aromatic N) is 6. The molecule has 34 heavy (non-hydrogen) atoms. The van der Waals surface area contributed by atoms with Gasteiger partial charge in [-0.2, -0.15) is 23.3 Å². The van der Waals surface area contributed by atoms with E-state index in [-0.39, 0.29) is 30.3 Å². The van der Waals surface area contributed by atoms with Gasteiger partial charge in [-0.25, -0.2) is 9.97 Å². The van der Waals surface area contributed by atoms with Crippen LogP contribution in [0.25, 0.3) is 11.0 Å². The van der Waals surface area contributed by atoms with Gasteiger partial charge in [0.15, 0.2) is 5.65 Å². The lowest BCUT2D eigenvalue weighted by molar-refractivity contribution is -0.219. The SMILES string of the molecule is Cc1ccc2c([C@@H]3C[C@H](C(F)(F)F)C4CC3C4)nc(N3CCOC(c4cnn(C)c4)C3)nc2n1. The Kier molecular flexibility index (Phi) is 5.05. The zero-order valence-corrected chi connectivity index (χ0v) is 19.2. The van der Waals surface area contributed by atoms with Gasteiger partial charge in [-0.05, 0) is 50.2 Å². The number of hydrogen-bond donors (Lipinski definition) is 0. The quantitative estimate of drug-likeness (QED) is 0.565. The van der Waals surface area contributed by atoms with Gasteiger partial charge in [0.25, 0.3) is 0 Å². The number of fused-ring (bicyclic) bond motifs is 3. The Labute approximate surface area is 195 Å². The maximum absolute atomic E-state index is 13.8. The molecule has 10 heteroatoms. The van der Waals surface area contributed by atoms with Crippen LogP contribution in [-0.4, -0.2) is 50.6 Å². The Morgan fingerprint density at radius 3 is 2.62 bits per heavy atom. The van der Waals surface area contributed by atoms with Crippen molar-refractivity contribution in [2.75, 3.05) is 24.6 Å². The third kappa shape index (κ3) is 3.72. The summed E-state index contributed by atoms with van der Waals surface area (Å²) in [5.41, 5.74) is 3.06. The highest BCUT2D eigenvalue weighted by molar-refractivity contribution is 5.79. The molecule has 3 atom stereocenters. The average Bonchev–Trinajstić information content (AvgIpc) is 3.23. The minimum absolute atomic E-state index is 0.0969. The first kappa shape index (κ1) is 21.8. The third-order valence-electron chi connectivity index (χ3n) is 7.79. The van der Waals surface area contributed by atoms with Gasteiger partial charge in [0, 0.05) is 42.4 Å². The molecule has 1 unspecified atom stereocenters. The van der Waals surface area contributed by atoms with Crippen molar-refractivity contribution in [3.05, 3.63) is 41.5 Å². The molecule has 7 rings (SSSR count). The zero-order chi connectivity index (χ0) is 23.6. The molecule has 2 bridgehead atoms. The van der Waals surface area contributed by atoms with E-state index in [1.54, 1.807) is 10.9 Å². The number of ether oxygens (including phenoxy) is 1. The number of halogens is 3. The highest BCUT2D eigenvalue weighted by atomic mass is 19.4. The fraction of sp³-hybridized carbons (Fsp3) is 0.583. The van der Waals surface area contributed by atoms with E-state index in [0.717, 1.165) is 16.6 Å². The zero-order valence-electron chi connectivity index (χ0n) is 19.2. The van der Waals surface area contributed by atoms with Crippen LogP contribution in [0.4, 0.5) is 19.1 Å². The van der Waals surface area contributed by atoms with Crippen molar-refractivity contribution in [1.29, 1.82) is 0 Å². The second-order valence-electron chi connectivity index (χ2n) is 9.97. The van der Waals surface area contributed by atoms with Crippen LogP contribution >= 0.6 is 0 Å². The molecule has 4 heterocycles. The lowest BCUT2D eigenvalue weighted by Crippen LogP contribution is -2.47. The second kappa shape index (κ2) is 7.90. The van der Waals surface area contributed by atoms with Crippen molar-refractivity contribution < 1.29 is 17.9 Å². The van der Waals surface area contributed by atoms with Crippen molar-refractivity contribution in [3.63, 3.8) is 0 Å². The monoisotopic (exact) mass is 472 g/mol. The second-order valence-corrected chi connectivity index (χ2v) is 9.97. The van der Waals surface area contributed by atoms with Crippen LogP contribution in [0.15, 0.2) is 24.5 Å². The van der Waals surface area contributed by atoms with E-state index in [1.165, 1.54) is 0 Å². The van der Waals surface area contributed by atoms with E-state index in [9.17, 15) is 13.2 Å². The van der Waals surface area contributed by atoms with E-state index in [1.807, 2.05) is 32.3 Å². The van der Waals surface area contributed by atoms with Gasteiger partial charge in [0.05, 0.1) is 31.0 Å². The fourth-order valence-electron chi connectivity index (χ4n) is 5.94. The molecule has 180 valence electrons. The van der Waals surface area contributed by atoms with Crippen LogP contribution < -0.4 is 4.90 Å². The maximum Gasteiger partial charge on any atom is 0.392 e. The Bertz CT molecular complexity index is 1220. The summed E-state index contributed by atoms with van der Waals surface area (Å²) in [6.45, 7) is 3.55. The molecule has 0 aromatic carbocycles. The van der Waals surface area contributed by atoms with Crippen molar-refractivity contribution in [2.24, 2.45) is 24.8 Å². The summed E-state index contributed by atoms with van der Waals surface area (Å²) in [6.07, 6.45) is 0.712. The topological polar surface area (TPSA) is 69.0 Å². The Morgan fingerprint density at radius 1 is 1.06 bits per heavy atom. The summed E-state index contributed by atoms with van der Waals surface area (Å²) in [5.74, 6) is -0.978. The maximum atomic E-state index is 13.8. The molecule has 3 aromatic heterocycles. The molecular weight excluding hydrogens is 445 g/mol. The molecule has 1 aliphatic heterocycles. The number of hydrogen-bond acceptors (Lipinski definition) is 6. The molecule has 3 saturated carbocycles. The molecule has 0 radical (unpaired) electrons.